The van der Waals surface area contributed by atoms with Gasteiger partial charge < -0.3 is 24.5 Å². The lowest BCUT2D eigenvalue weighted by Gasteiger charge is -2.29. The fourth-order valence-corrected chi connectivity index (χ4v) is 4.38. The fourth-order valence-electron chi connectivity index (χ4n) is 4.17. The standard InChI is InChI=1S/C18H19BN5O6P/c1-18-13(29-19(30-18)10-6-4-3-5-7-10)11(8-27-31-25)28-16(18)24-9-21-12-14(24)22-17(20)23-15(12)26-2/h3-7,9,11,13,16H,8H2,1-2H3,(H2,20,22,23)/t11-,13-,16-,18-/m1/s1. The summed E-state index contributed by atoms with van der Waals surface area (Å²) < 4.78 is 41.9. The van der Waals surface area contributed by atoms with E-state index in [1.165, 1.54) is 7.11 Å². The highest BCUT2D eigenvalue weighted by atomic mass is 31.1. The molecule has 4 atom stereocenters. The molecule has 0 unspecified atom stereocenters. The first-order chi connectivity index (χ1) is 15.0. The lowest BCUT2D eigenvalue weighted by Crippen LogP contribution is -2.42. The molecule has 1 aromatic carbocycles. The fraction of sp³-hybridized carbons (Fsp3) is 0.389. The minimum atomic E-state index is -0.922. The Kier molecular flexibility index (Phi) is 5.11. The van der Waals surface area contributed by atoms with Crippen LogP contribution in [0.3, 0.4) is 0 Å². The third kappa shape index (κ3) is 3.27. The van der Waals surface area contributed by atoms with Crippen LogP contribution in [0.4, 0.5) is 5.95 Å². The number of rotatable bonds is 6. The summed E-state index contributed by atoms with van der Waals surface area (Å²) in [7, 11) is 0.445. The molecule has 0 aliphatic carbocycles. The Morgan fingerprint density at radius 1 is 1.32 bits per heavy atom. The van der Waals surface area contributed by atoms with E-state index in [-0.39, 0.29) is 18.4 Å². The van der Waals surface area contributed by atoms with Crippen LogP contribution in [0.25, 0.3) is 11.2 Å². The van der Waals surface area contributed by atoms with Gasteiger partial charge in [-0.1, -0.05) is 30.3 Å². The molecule has 5 rings (SSSR count). The lowest BCUT2D eigenvalue weighted by atomic mass is 9.79. The minimum Gasteiger partial charge on any atom is -0.479 e. The van der Waals surface area contributed by atoms with Gasteiger partial charge >= 0.3 is 15.8 Å². The molecule has 2 aliphatic heterocycles. The molecule has 0 saturated carbocycles. The topological polar surface area (TPSA) is 133 Å². The number of hydrogen-bond donors (Lipinski definition) is 1. The van der Waals surface area contributed by atoms with Crippen molar-refractivity contribution in [1.29, 1.82) is 0 Å². The van der Waals surface area contributed by atoms with E-state index < -0.39 is 39.8 Å². The summed E-state index contributed by atoms with van der Waals surface area (Å²) in [6, 6.07) is 9.61. The highest BCUT2D eigenvalue weighted by Gasteiger charge is 2.63. The van der Waals surface area contributed by atoms with Crippen molar-refractivity contribution in [3.8, 4) is 5.88 Å². The average Bonchev–Trinajstić information content (AvgIpc) is 3.42. The van der Waals surface area contributed by atoms with Crippen LogP contribution in [0.2, 0.25) is 0 Å². The zero-order valence-corrected chi connectivity index (χ0v) is 17.6. The summed E-state index contributed by atoms with van der Waals surface area (Å²) in [6.07, 6.45) is -0.137. The Hall–Kier alpha value is -2.63. The van der Waals surface area contributed by atoms with Crippen molar-refractivity contribution in [1.82, 2.24) is 19.5 Å². The van der Waals surface area contributed by atoms with Crippen LogP contribution in [0.5, 0.6) is 5.88 Å². The van der Waals surface area contributed by atoms with Crippen molar-refractivity contribution in [3.05, 3.63) is 36.7 Å². The molecule has 11 nitrogen and oxygen atoms in total. The van der Waals surface area contributed by atoms with E-state index in [9.17, 15) is 4.57 Å². The van der Waals surface area contributed by atoms with Gasteiger partial charge in [0.25, 0.3) is 0 Å². The molecule has 13 heteroatoms. The Labute approximate surface area is 179 Å². The van der Waals surface area contributed by atoms with Crippen LogP contribution < -0.4 is 15.9 Å². The Bertz CT molecular complexity index is 1120. The number of ether oxygens (including phenoxy) is 2. The third-order valence-corrected chi connectivity index (χ3v) is 5.80. The highest BCUT2D eigenvalue weighted by Crippen LogP contribution is 2.48. The van der Waals surface area contributed by atoms with E-state index in [4.69, 9.17) is 29.0 Å². The summed E-state index contributed by atoms with van der Waals surface area (Å²) in [5, 5.41) is 0. The molecule has 2 aliphatic rings. The summed E-state index contributed by atoms with van der Waals surface area (Å²) in [4.78, 5) is 12.8. The van der Waals surface area contributed by atoms with Crippen LogP contribution in [0, 0.1) is 0 Å². The smallest absolute Gasteiger partial charge is 0.479 e. The monoisotopic (exact) mass is 443 g/mol. The van der Waals surface area contributed by atoms with E-state index >= 15 is 0 Å². The maximum absolute atomic E-state index is 10.9. The van der Waals surface area contributed by atoms with E-state index in [2.05, 4.69) is 15.0 Å². The van der Waals surface area contributed by atoms with Gasteiger partial charge in [0.1, 0.15) is 17.8 Å². The largest absolute Gasteiger partial charge is 0.494 e. The van der Waals surface area contributed by atoms with Gasteiger partial charge in [0.05, 0.1) is 20.0 Å². The molecule has 0 bridgehead atoms. The molecule has 0 spiro atoms. The molecule has 2 N–H and O–H groups in total. The van der Waals surface area contributed by atoms with E-state index in [0.29, 0.717) is 11.2 Å². The molecule has 0 amide bonds. The average molecular weight is 443 g/mol. The maximum atomic E-state index is 10.9. The predicted octanol–water partition coefficient (Wildman–Crippen LogP) is 1.11. The molecule has 160 valence electrons. The number of nitrogen functional groups attached to an aromatic ring is 1. The van der Waals surface area contributed by atoms with Gasteiger partial charge in [-0.3, -0.25) is 9.09 Å². The van der Waals surface area contributed by atoms with E-state index in [0.717, 1.165) is 5.46 Å². The molecule has 2 saturated heterocycles. The molecule has 4 heterocycles. The SMILES string of the molecule is COc1nc(N)nc2c1ncn2[C@@H]1O[C@H](COP=O)[C@H]2OB(c3ccccc3)O[C@]21C. The number of anilines is 1. The van der Waals surface area contributed by atoms with Crippen molar-refractivity contribution < 1.29 is 27.9 Å². The number of methoxy groups -OCH3 is 1. The molecule has 31 heavy (non-hydrogen) atoms. The van der Waals surface area contributed by atoms with Crippen molar-refractivity contribution in [2.75, 3.05) is 19.5 Å². The Balaban J connectivity index is 1.57. The molecular weight excluding hydrogens is 424 g/mol. The van der Waals surface area contributed by atoms with Crippen molar-refractivity contribution >= 4 is 38.4 Å². The Morgan fingerprint density at radius 2 is 2.13 bits per heavy atom. The number of aromatic nitrogens is 4. The van der Waals surface area contributed by atoms with Crippen LogP contribution in [-0.2, 0) is 23.1 Å². The number of nitrogens with two attached hydrogens (primary N) is 1. The van der Waals surface area contributed by atoms with Gasteiger partial charge in [0, 0.05) is 0 Å². The first-order valence-corrected chi connectivity index (χ1v) is 10.3. The summed E-state index contributed by atoms with van der Waals surface area (Å²) in [5.41, 5.74) is 6.69. The highest BCUT2D eigenvalue weighted by molar-refractivity contribution is 7.17. The van der Waals surface area contributed by atoms with Gasteiger partial charge in [-0.05, 0) is 12.4 Å². The number of fused-ring (bicyclic) bond motifs is 2. The van der Waals surface area contributed by atoms with Gasteiger partial charge in [0.2, 0.25) is 11.8 Å². The minimum absolute atomic E-state index is 0.0431. The molecule has 0 radical (unpaired) electrons. The van der Waals surface area contributed by atoms with Gasteiger partial charge in [0.15, 0.2) is 17.4 Å². The van der Waals surface area contributed by atoms with Crippen molar-refractivity contribution in [2.45, 2.75) is 31.0 Å². The molecule has 3 aromatic rings. The first-order valence-electron chi connectivity index (χ1n) is 9.57. The summed E-state index contributed by atoms with van der Waals surface area (Å²) >= 11 is 0. The number of hydrogen-bond acceptors (Lipinski definition) is 10. The number of nitrogens with zero attached hydrogens (tertiary/aromatic N) is 4. The van der Waals surface area contributed by atoms with E-state index in [1.807, 2.05) is 37.3 Å². The first kappa shape index (κ1) is 20.3. The molecule has 2 fully saturated rings. The second kappa shape index (κ2) is 7.81. The summed E-state index contributed by atoms with van der Waals surface area (Å²) in [6.45, 7) is 1.95. The predicted molar refractivity (Wildman–Crippen MR) is 110 cm³/mol. The van der Waals surface area contributed by atoms with Crippen LogP contribution in [0.15, 0.2) is 36.7 Å². The molecular formula is C18H19BN5O6P. The van der Waals surface area contributed by atoms with Gasteiger partial charge in [-0.2, -0.15) is 9.97 Å². The summed E-state index contributed by atoms with van der Waals surface area (Å²) in [5.74, 6) is 0.304. The second-order valence-corrected chi connectivity index (χ2v) is 7.82. The Morgan fingerprint density at radius 3 is 2.87 bits per heavy atom. The normalized spacial score (nSPS) is 27.8. The lowest BCUT2D eigenvalue weighted by molar-refractivity contribution is -0.0738. The van der Waals surface area contributed by atoms with Gasteiger partial charge in [-0.15, -0.1) is 0 Å². The number of benzene rings is 1. The van der Waals surface area contributed by atoms with Gasteiger partial charge in [-0.25, -0.2) is 9.55 Å². The zero-order valence-electron chi connectivity index (χ0n) is 16.7. The maximum Gasteiger partial charge on any atom is 0.494 e. The van der Waals surface area contributed by atoms with Crippen LogP contribution in [0.1, 0.15) is 13.2 Å². The van der Waals surface area contributed by atoms with Crippen molar-refractivity contribution in [2.24, 2.45) is 0 Å². The zero-order chi connectivity index (χ0) is 21.6. The van der Waals surface area contributed by atoms with E-state index in [1.54, 1.807) is 10.9 Å². The van der Waals surface area contributed by atoms with Crippen molar-refractivity contribution in [3.63, 3.8) is 0 Å². The quantitative estimate of drug-likeness (QED) is 0.436. The second-order valence-electron chi connectivity index (χ2n) is 7.41. The van der Waals surface area contributed by atoms with Crippen LogP contribution in [-0.4, -0.2) is 58.2 Å². The number of imidazole rings is 1. The van der Waals surface area contributed by atoms with Crippen LogP contribution >= 0.6 is 8.69 Å². The molecule has 2 aromatic heterocycles. The third-order valence-electron chi connectivity index (χ3n) is 5.54.